The largest absolute Gasteiger partial charge is 0.330 e. The normalized spacial score (nSPS) is 33.7. The molecule has 0 aromatic carbocycles. The molecule has 2 atom stereocenters. The van der Waals surface area contributed by atoms with Crippen molar-refractivity contribution in [1.82, 2.24) is 0 Å². The first-order chi connectivity index (χ1) is 4.74. The number of rotatable bonds is 1. The third kappa shape index (κ3) is 1.53. The molecular weight excluding hydrogens is 136 g/mol. The fourth-order valence-corrected chi connectivity index (χ4v) is 1.11. The molecule has 1 aliphatic carbocycles. The topological polar surface area (TPSA) is 26.0 Å². The van der Waals surface area contributed by atoms with Crippen LogP contribution in [0.25, 0.3) is 0 Å². The number of allylic oxidation sites excluding steroid dienone is 2. The molecule has 0 heterocycles. The van der Waals surface area contributed by atoms with Crippen molar-refractivity contribution in [3.63, 3.8) is 0 Å². The standard InChI is InChI=1S/C7H11F2N/c8-6-2-1-5(4-10)7(9)3-6/h2,5,7H,1,3-4,10H2/t5-,7?/m0/s1. The minimum Gasteiger partial charge on any atom is -0.330 e. The summed E-state index contributed by atoms with van der Waals surface area (Å²) in [5, 5.41) is 0. The van der Waals surface area contributed by atoms with E-state index in [-0.39, 0.29) is 18.2 Å². The van der Waals surface area contributed by atoms with Gasteiger partial charge in [-0.15, -0.1) is 0 Å². The van der Waals surface area contributed by atoms with Crippen molar-refractivity contribution in [2.45, 2.75) is 19.0 Å². The van der Waals surface area contributed by atoms with Crippen LogP contribution in [0.3, 0.4) is 0 Å². The average molecular weight is 147 g/mol. The highest BCUT2D eigenvalue weighted by Crippen LogP contribution is 2.26. The van der Waals surface area contributed by atoms with Crippen LogP contribution in [0, 0.1) is 5.92 Å². The Morgan fingerprint density at radius 1 is 1.70 bits per heavy atom. The van der Waals surface area contributed by atoms with Crippen LogP contribution in [-0.2, 0) is 0 Å². The summed E-state index contributed by atoms with van der Waals surface area (Å²) in [6.07, 6.45) is 0.717. The Balaban J connectivity index is 2.52. The first-order valence-corrected chi connectivity index (χ1v) is 3.42. The molecule has 0 saturated carbocycles. The molecule has 0 spiro atoms. The number of hydrogen-bond donors (Lipinski definition) is 1. The SMILES string of the molecule is NC[C@@H]1CC=C(F)CC1F. The second-order valence-electron chi connectivity index (χ2n) is 2.60. The Labute approximate surface area is 58.9 Å². The van der Waals surface area contributed by atoms with Crippen molar-refractivity contribution in [1.29, 1.82) is 0 Å². The van der Waals surface area contributed by atoms with Gasteiger partial charge in [-0.05, 0) is 13.0 Å². The van der Waals surface area contributed by atoms with E-state index >= 15 is 0 Å². The lowest BCUT2D eigenvalue weighted by molar-refractivity contribution is 0.208. The Hall–Kier alpha value is -0.440. The first-order valence-electron chi connectivity index (χ1n) is 3.42. The Morgan fingerprint density at radius 2 is 2.40 bits per heavy atom. The van der Waals surface area contributed by atoms with Crippen LogP contribution >= 0.6 is 0 Å². The van der Waals surface area contributed by atoms with E-state index in [1.807, 2.05) is 0 Å². The van der Waals surface area contributed by atoms with Crippen molar-refractivity contribution in [2.75, 3.05) is 6.54 Å². The molecule has 2 N–H and O–H groups in total. The number of nitrogens with two attached hydrogens (primary N) is 1. The van der Waals surface area contributed by atoms with E-state index in [0.717, 1.165) is 0 Å². The van der Waals surface area contributed by atoms with Gasteiger partial charge in [0, 0.05) is 12.3 Å². The minimum absolute atomic E-state index is 0.0815. The number of halogens is 2. The molecule has 0 aromatic heterocycles. The zero-order chi connectivity index (χ0) is 7.56. The molecule has 1 aliphatic rings. The number of hydrogen-bond acceptors (Lipinski definition) is 1. The lowest BCUT2D eigenvalue weighted by Crippen LogP contribution is -2.26. The molecule has 0 saturated heterocycles. The van der Waals surface area contributed by atoms with Crippen LogP contribution in [0.2, 0.25) is 0 Å². The van der Waals surface area contributed by atoms with Gasteiger partial charge >= 0.3 is 0 Å². The molecule has 0 aromatic rings. The maximum Gasteiger partial charge on any atom is 0.111 e. The Morgan fingerprint density at radius 3 is 2.90 bits per heavy atom. The van der Waals surface area contributed by atoms with E-state index in [1.165, 1.54) is 6.08 Å². The molecule has 10 heavy (non-hydrogen) atoms. The smallest absolute Gasteiger partial charge is 0.111 e. The quantitative estimate of drug-likeness (QED) is 0.598. The molecule has 1 rings (SSSR count). The highest BCUT2D eigenvalue weighted by molar-refractivity contribution is 5.01. The van der Waals surface area contributed by atoms with Gasteiger partial charge in [0.05, 0.1) is 5.83 Å². The zero-order valence-electron chi connectivity index (χ0n) is 5.69. The maximum absolute atomic E-state index is 12.7. The monoisotopic (exact) mass is 147 g/mol. The lowest BCUT2D eigenvalue weighted by atomic mass is 9.92. The predicted octanol–water partition coefficient (Wildman–Crippen LogP) is 1.55. The van der Waals surface area contributed by atoms with E-state index < -0.39 is 6.17 Å². The van der Waals surface area contributed by atoms with Crippen molar-refractivity contribution < 1.29 is 8.78 Å². The summed E-state index contributed by atoms with van der Waals surface area (Å²) in [5.41, 5.74) is 5.25. The summed E-state index contributed by atoms with van der Waals surface area (Å²) in [4.78, 5) is 0. The fraction of sp³-hybridized carbons (Fsp3) is 0.714. The minimum atomic E-state index is -1.07. The van der Waals surface area contributed by atoms with Gasteiger partial charge in [0.2, 0.25) is 0 Å². The van der Waals surface area contributed by atoms with Gasteiger partial charge in [-0.1, -0.05) is 6.08 Å². The van der Waals surface area contributed by atoms with Crippen molar-refractivity contribution in [3.8, 4) is 0 Å². The summed E-state index contributed by atoms with van der Waals surface area (Å²) >= 11 is 0. The second kappa shape index (κ2) is 3.10. The van der Waals surface area contributed by atoms with Crippen LogP contribution in [-0.4, -0.2) is 12.7 Å². The van der Waals surface area contributed by atoms with Gasteiger partial charge in [0.25, 0.3) is 0 Å². The molecule has 0 radical (unpaired) electrons. The molecule has 58 valence electrons. The molecule has 1 nitrogen and oxygen atoms in total. The lowest BCUT2D eigenvalue weighted by Gasteiger charge is -2.20. The van der Waals surface area contributed by atoms with Crippen LogP contribution in [0.15, 0.2) is 11.9 Å². The van der Waals surface area contributed by atoms with Crippen LogP contribution < -0.4 is 5.73 Å². The van der Waals surface area contributed by atoms with Gasteiger partial charge < -0.3 is 5.73 Å². The van der Waals surface area contributed by atoms with Gasteiger partial charge in [-0.2, -0.15) is 0 Å². The summed E-state index contributed by atoms with van der Waals surface area (Å²) in [6.45, 7) is 0.310. The van der Waals surface area contributed by atoms with Crippen molar-refractivity contribution >= 4 is 0 Å². The molecule has 0 aliphatic heterocycles. The number of alkyl halides is 1. The van der Waals surface area contributed by atoms with E-state index in [0.29, 0.717) is 13.0 Å². The molecular formula is C7H11F2N. The summed E-state index contributed by atoms with van der Waals surface area (Å²) in [5.74, 6) is -0.503. The molecule has 1 unspecified atom stereocenters. The summed E-state index contributed by atoms with van der Waals surface area (Å²) in [6, 6.07) is 0. The average Bonchev–Trinajstić information content (AvgIpc) is 1.88. The van der Waals surface area contributed by atoms with Gasteiger partial charge in [0.1, 0.15) is 6.17 Å². The third-order valence-electron chi connectivity index (χ3n) is 1.85. The second-order valence-corrected chi connectivity index (χ2v) is 2.60. The van der Waals surface area contributed by atoms with Crippen molar-refractivity contribution in [3.05, 3.63) is 11.9 Å². The maximum atomic E-state index is 12.7. The Kier molecular flexibility index (Phi) is 2.38. The van der Waals surface area contributed by atoms with E-state index in [4.69, 9.17) is 5.73 Å². The fourth-order valence-electron chi connectivity index (χ4n) is 1.11. The third-order valence-corrected chi connectivity index (χ3v) is 1.85. The molecule has 0 amide bonds. The molecule has 0 fully saturated rings. The first kappa shape index (κ1) is 7.66. The highest BCUT2D eigenvalue weighted by atomic mass is 19.1. The van der Waals surface area contributed by atoms with E-state index in [9.17, 15) is 8.78 Å². The van der Waals surface area contributed by atoms with Crippen molar-refractivity contribution in [2.24, 2.45) is 11.7 Å². The van der Waals surface area contributed by atoms with Gasteiger partial charge in [-0.25, -0.2) is 8.78 Å². The molecule has 3 heteroatoms. The van der Waals surface area contributed by atoms with E-state index in [1.54, 1.807) is 0 Å². The summed E-state index contributed by atoms with van der Waals surface area (Å²) in [7, 11) is 0. The molecule has 0 bridgehead atoms. The Bertz CT molecular complexity index is 145. The zero-order valence-corrected chi connectivity index (χ0v) is 5.69. The van der Waals surface area contributed by atoms with Gasteiger partial charge in [-0.3, -0.25) is 0 Å². The summed E-state index contributed by atoms with van der Waals surface area (Å²) < 4.78 is 25.1. The van der Waals surface area contributed by atoms with Crippen LogP contribution in [0.1, 0.15) is 12.8 Å². The van der Waals surface area contributed by atoms with Gasteiger partial charge in [0.15, 0.2) is 0 Å². The predicted molar refractivity (Wildman–Crippen MR) is 35.9 cm³/mol. The highest BCUT2D eigenvalue weighted by Gasteiger charge is 2.24. The van der Waals surface area contributed by atoms with E-state index in [2.05, 4.69) is 0 Å². The van der Waals surface area contributed by atoms with Crippen LogP contribution in [0.4, 0.5) is 8.78 Å². The van der Waals surface area contributed by atoms with Crippen LogP contribution in [0.5, 0.6) is 0 Å².